The Labute approximate surface area is 118 Å². The number of carbonyl (C=O) groups excluding carboxylic acids is 1. The van der Waals surface area contributed by atoms with E-state index >= 15 is 0 Å². The first kappa shape index (κ1) is 14.0. The molecule has 0 saturated heterocycles. The smallest absolute Gasteiger partial charge is 0.274 e. The molecule has 0 fully saturated rings. The van der Waals surface area contributed by atoms with Crippen LogP contribution >= 0.6 is 12.2 Å². The molecule has 0 aliphatic carbocycles. The topological polar surface area (TPSA) is 68.0 Å². The Balaban J connectivity index is 2.19. The molecule has 0 saturated carbocycles. The van der Waals surface area contributed by atoms with Crippen LogP contribution in [0.15, 0.2) is 36.5 Å². The number of nitrogens with zero attached hydrogens (tertiary/aromatic N) is 1. The number of benzene rings is 1. The summed E-state index contributed by atoms with van der Waals surface area (Å²) in [6, 6.07) is 6.24. The number of pyridine rings is 1. The van der Waals surface area contributed by atoms with Gasteiger partial charge in [0, 0.05) is 5.56 Å². The van der Waals surface area contributed by atoms with Crippen molar-refractivity contribution in [2.45, 2.75) is 0 Å². The third-order valence-electron chi connectivity index (χ3n) is 2.46. The summed E-state index contributed by atoms with van der Waals surface area (Å²) in [6.07, 6.45) is 0.904. The van der Waals surface area contributed by atoms with Crippen molar-refractivity contribution in [1.29, 1.82) is 0 Å². The van der Waals surface area contributed by atoms with Gasteiger partial charge in [0.1, 0.15) is 22.3 Å². The molecule has 1 aromatic heterocycles. The summed E-state index contributed by atoms with van der Waals surface area (Å²) in [7, 11) is 0. The Morgan fingerprint density at radius 1 is 1.25 bits per heavy atom. The summed E-state index contributed by atoms with van der Waals surface area (Å²) in [6.45, 7) is 0. The van der Waals surface area contributed by atoms with E-state index in [-0.39, 0.29) is 16.4 Å². The predicted octanol–water partition coefficient (Wildman–Crippen LogP) is 2.25. The lowest BCUT2D eigenvalue weighted by Crippen LogP contribution is -2.15. The number of hydrogen-bond acceptors (Lipinski definition) is 3. The van der Waals surface area contributed by atoms with E-state index < -0.39 is 17.5 Å². The molecule has 1 aromatic carbocycles. The van der Waals surface area contributed by atoms with Crippen LogP contribution in [0, 0.1) is 11.6 Å². The maximum Gasteiger partial charge on any atom is 0.274 e. The van der Waals surface area contributed by atoms with Crippen molar-refractivity contribution >= 4 is 28.8 Å². The highest BCUT2D eigenvalue weighted by atomic mass is 32.1. The van der Waals surface area contributed by atoms with Gasteiger partial charge in [-0.2, -0.15) is 0 Å². The lowest BCUT2D eigenvalue weighted by Gasteiger charge is -2.07. The SMILES string of the molecule is NC(=S)c1ccc(NC(=O)c2ccc(F)cn2)c(F)c1. The maximum atomic E-state index is 13.7. The number of thiocarbonyl (C=S) groups is 1. The van der Waals surface area contributed by atoms with Gasteiger partial charge in [-0.1, -0.05) is 12.2 Å². The maximum absolute atomic E-state index is 13.7. The van der Waals surface area contributed by atoms with Gasteiger partial charge in [0.25, 0.3) is 5.91 Å². The molecule has 0 unspecified atom stereocenters. The zero-order valence-corrected chi connectivity index (χ0v) is 10.9. The van der Waals surface area contributed by atoms with Crippen LogP contribution in [0.3, 0.4) is 0 Å². The average Bonchev–Trinajstić information content (AvgIpc) is 2.41. The molecule has 0 aliphatic heterocycles. The van der Waals surface area contributed by atoms with E-state index in [1.54, 1.807) is 0 Å². The van der Waals surface area contributed by atoms with Gasteiger partial charge in [-0.15, -0.1) is 0 Å². The Morgan fingerprint density at radius 3 is 2.55 bits per heavy atom. The number of halogens is 2. The molecule has 1 heterocycles. The summed E-state index contributed by atoms with van der Waals surface area (Å²) in [5.74, 6) is -1.88. The minimum Gasteiger partial charge on any atom is -0.389 e. The van der Waals surface area contributed by atoms with Crippen LogP contribution < -0.4 is 11.1 Å². The molecule has 3 N–H and O–H groups in total. The number of nitrogens with one attached hydrogen (secondary N) is 1. The summed E-state index contributed by atoms with van der Waals surface area (Å²) in [4.78, 5) is 15.4. The normalized spacial score (nSPS) is 10.1. The van der Waals surface area contributed by atoms with Crippen molar-refractivity contribution in [2.75, 3.05) is 5.32 Å². The third kappa shape index (κ3) is 3.12. The number of anilines is 1. The van der Waals surface area contributed by atoms with Crippen LogP contribution in [-0.4, -0.2) is 15.9 Å². The second-order valence-electron chi connectivity index (χ2n) is 3.87. The summed E-state index contributed by atoms with van der Waals surface area (Å²) < 4.78 is 26.4. The van der Waals surface area contributed by atoms with E-state index in [4.69, 9.17) is 18.0 Å². The van der Waals surface area contributed by atoms with Gasteiger partial charge in [-0.3, -0.25) is 4.79 Å². The van der Waals surface area contributed by atoms with Gasteiger partial charge in [0.15, 0.2) is 0 Å². The van der Waals surface area contributed by atoms with E-state index in [2.05, 4.69) is 10.3 Å². The van der Waals surface area contributed by atoms with Gasteiger partial charge in [0.2, 0.25) is 0 Å². The van der Waals surface area contributed by atoms with Gasteiger partial charge < -0.3 is 11.1 Å². The van der Waals surface area contributed by atoms with E-state index in [9.17, 15) is 13.6 Å². The Morgan fingerprint density at radius 2 is 2.00 bits per heavy atom. The van der Waals surface area contributed by atoms with Gasteiger partial charge in [-0.05, 0) is 30.3 Å². The van der Waals surface area contributed by atoms with Crippen molar-refractivity contribution in [3.63, 3.8) is 0 Å². The van der Waals surface area contributed by atoms with Crippen molar-refractivity contribution in [2.24, 2.45) is 5.73 Å². The monoisotopic (exact) mass is 293 g/mol. The highest BCUT2D eigenvalue weighted by Gasteiger charge is 2.11. The van der Waals surface area contributed by atoms with Crippen molar-refractivity contribution in [3.8, 4) is 0 Å². The van der Waals surface area contributed by atoms with E-state index in [1.807, 2.05) is 0 Å². The van der Waals surface area contributed by atoms with Crippen LogP contribution in [0.1, 0.15) is 16.1 Å². The molecular weight excluding hydrogens is 284 g/mol. The number of rotatable bonds is 3. The molecule has 20 heavy (non-hydrogen) atoms. The first-order chi connectivity index (χ1) is 9.47. The summed E-state index contributed by atoms with van der Waals surface area (Å²) in [5.41, 5.74) is 5.66. The molecule has 2 rings (SSSR count). The van der Waals surface area contributed by atoms with Crippen molar-refractivity contribution < 1.29 is 13.6 Å². The van der Waals surface area contributed by atoms with Gasteiger partial charge >= 0.3 is 0 Å². The van der Waals surface area contributed by atoms with Crippen LogP contribution in [0.4, 0.5) is 14.5 Å². The predicted molar refractivity (Wildman–Crippen MR) is 74.4 cm³/mol. The van der Waals surface area contributed by atoms with E-state index in [0.29, 0.717) is 5.56 Å². The lowest BCUT2D eigenvalue weighted by molar-refractivity contribution is 0.102. The van der Waals surface area contributed by atoms with E-state index in [0.717, 1.165) is 18.3 Å². The molecule has 4 nitrogen and oxygen atoms in total. The highest BCUT2D eigenvalue weighted by Crippen LogP contribution is 2.16. The number of nitrogens with two attached hydrogens (primary N) is 1. The number of carbonyl (C=O) groups is 1. The standard InChI is InChI=1S/C13H9F2N3OS/c14-8-2-4-11(17-6-8)13(19)18-10-3-1-7(12(16)20)5-9(10)15/h1-6H,(H2,16,20)(H,18,19). The van der Waals surface area contributed by atoms with Crippen LogP contribution in [0.5, 0.6) is 0 Å². The molecule has 0 radical (unpaired) electrons. The number of hydrogen-bond donors (Lipinski definition) is 2. The molecule has 1 amide bonds. The Bertz CT molecular complexity index is 674. The molecule has 102 valence electrons. The fourth-order valence-electron chi connectivity index (χ4n) is 1.47. The second-order valence-corrected chi connectivity index (χ2v) is 4.31. The molecule has 0 atom stereocenters. The second kappa shape index (κ2) is 5.70. The van der Waals surface area contributed by atoms with Crippen LogP contribution in [0.25, 0.3) is 0 Å². The first-order valence-electron chi connectivity index (χ1n) is 5.49. The zero-order valence-electron chi connectivity index (χ0n) is 10.1. The Hall–Kier alpha value is -2.41. The fourth-order valence-corrected chi connectivity index (χ4v) is 1.59. The van der Waals surface area contributed by atoms with Gasteiger partial charge in [-0.25, -0.2) is 13.8 Å². The minimum absolute atomic E-state index is 0.0239. The molecule has 0 spiro atoms. The quantitative estimate of drug-likeness (QED) is 0.852. The van der Waals surface area contributed by atoms with Gasteiger partial charge in [0.05, 0.1) is 11.9 Å². The molecule has 0 bridgehead atoms. The fraction of sp³-hybridized carbons (Fsp3) is 0. The third-order valence-corrected chi connectivity index (χ3v) is 2.70. The van der Waals surface area contributed by atoms with Crippen LogP contribution in [0.2, 0.25) is 0 Å². The lowest BCUT2D eigenvalue weighted by atomic mass is 10.2. The van der Waals surface area contributed by atoms with E-state index in [1.165, 1.54) is 18.2 Å². The minimum atomic E-state index is -0.675. The highest BCUT2D eigenvalue weighted by molar-refractivity contribution is 7.80. The Kier molecular flexibility index (Phi) is 3.99. The van der Waals surface area contributed by atoms with Crippen molar-refractivity contribution in [1.82, 2.24) is 4.98 Å². The number of amides is 1. The first-order valence-corrected chi connectivity index (χ1v) is 5.90. The summed E-state index contributed by atoms with van der Waals surface area (Å²) >= 11 is 4.72. The summed E-state index contributed by atoms with van der Waals surface area (Å²) in [5, 5.41) is 2.33. The molecule has 7 heteroatoms. The number of aromatic nitrogens is 1. The van der Waals surface area contributed by atoms with Crippen LogP contribution in [-0.2, 0) is 0 Å². The average molecular weight is 293 g/mol. The zero-order chi connectivity index (χ0) is 14.7. The molecule has 0 aliphatic rings. The largest absolute Gasteiger partial charge is 0.389 e. The molecule has 2 aromatic rings. The van der Waals surface area contributed by atoms with Crippen molar-refractivity contribution in [3.05, 3.63) is 59.4 Å². The molecular formula is C13H9F2N3OS.